The average Bonchev–Trinajstić information content (AvgIpc) is 2.97. The van der Waals surface area contributed by atoms with Gasteiger partial charge in [0.15, 0.2) is 0 Å². The summed E-state index contributed by atoms with van der Waals surface area (Å²) in [4.78, 5) is 4.26. The van der Waals surface area contributed by atoms with Crippen molar-refractivity contribution in [3.05, 3.63) is 11.7 Å². The molecule has 2 N–H and O–H groups in total. The van der Waals surface area contributed by atoms with Crippen LogP contribution in [0.15, 0.2) is 4.52 Å². The zero-order valence-corrected chi connectivity index (χ0v) is 10.1. The number of aromatic nitrogens is 2. The van der Waals surface area contributed by atoms with E-state index in [0.717, 1.165) is 19.3 Å². The Morgan fingerprint density at radius 3 is 3.06 bits per heavy atom. The number of ether oxygens (including phenoxy) is 2. The zero-order valence-electron chi connectivity index (χ0n) is 10.1. The minimum absolute atomic E-state index is 0.0766. The highest BCUT2D eigenvalue weighted by molar-refractivity contribution is 4.94. The fraction of sp³-hybridized carbons (Fsp3) is 0.818. The summed E-state index contributed by atoms with van der Waals surface area (Å²) in [5.74, 6) is 1.12. The largest absolute Gasteiger partial charge is 0.372 e. The Labute approximate surface area is 100 Å². The molecule has 2 unspecified atom stereocenters. The number of rotatable bonds is 6. The molecule has 0 aliphatic carbocycles. The van der Waals surface area contributed by atoms with Crippen molar-refractivity contribution in [1.29, 1.82) is 0 Å². The molecule has 1 fully saturated rings. The van der Waals surface area contributed by atoms with Crippen molar-refractivity contribution in [3.63, 3.8) is 0 Å². The van der Waals surface area contributed by atoms with Crippen LogP contribution in [0.1, 0.15) is 44.0 Å². The minimum Gasteiger partial charge on any atom is -0.372 e. The Balaban J connectivity index is 1.85. The summed E-state index contributed by atoms with van der Waals surface area (Å²) in [5.41, 5.74) is 5.55. The van der Waals surface area contributed by atoms with E-state index < -0.39 is 0 Å². The molecule has 1 aromatic rings. The first kappa shape index (κ1) is 12.5. The Morgan fingerprint density at radius 1 is 1.47 bits per heavy atom. The Morgan fingerprint density at radius 2 is 2.35 bits per heavy atom. The molecule has 96 valence electrons. The second-order valence-corrected chi connectivity index (χ2v) is 4.16. The summed E-state index contributed by atoms with van der Waals surface area (Å²) in [6.45, 7) is 3.67. The molecule has 2 rings (SSSR count). The highest BCUT2D eigenvalue weighted by Crippen LogP contribution is 2.30. The summed E-state index contributed by atoms with van der Waals surface area (Å²) in [7, 11) is 0. The van der Waals surface area contributed by atoms with E-state index >= 15 is 0 Å². The van der Waals surface area contributed by atoms with Crippen LogP contribution in [0.5, 0.6) is 0 Å². The smallest absolute Gasteiger partial charge is 0.252 e. The van der Waals surface area contributed by atoms with Crippen LogP contribution in [0, 0.1) is 0 Å². The van der Waals surface area contributed by atoms with E-state index in [1.54, 1.807) is 0 Å². The van der Waals surface area contributed by atoms with Gasteiger partial charge < -0.3 is 19.7 Å². The maximum absolute atomic E-state index is 5.68. The Kier molecular flexibility index (Phi) is 4.47. The van der Waals surface area contributed by atoms with Crippen LogP contribution in [0.4, 0.5) is 0 Å². The van der Waals surface area contributed by atoms with E-state index in [9.17, 15) is 0 Å². The molecular weight excluding hydrogens is 222 g/mol. The van der Waals surface area contributed by atoms with Crippen LogP contribution in [0.2, 0.25) is 0 Å². The highest BCUT2D eigenvalue weighted by atomic mass is 16.5. The molecule has 0 amide bonds. The summed E-state index contributed by atoms with van der Waals surface area (Å²) < 4.78 is 16.1. The van der Waals surface area contributed by atoms with Gasteiger partial charge in [-0.15, -0.1) is 0 Å². The molecule has 1 saturated heterocycles. The average molecular weight is 241 g/mol. The predicted octanol–water partition coefficient (Wildman–Crippen LogP) is 1.17. The van der Waals surface area contributed by atoms with E-state index in [2.05, 4.69) is 17.1 Å². The summed E-state index contributed by atoms with van der Waals surface area (Å²) in [6.07, 6.45) is 2.88. The topological polar surface area (TPSA) is 83.4 Å². The van der Waals surface area contributed by atoms with E-state index in [-0.39, 0.29) is 12.2 Å². The van der Waals surface area contributed by atoms with Crippen molar-refractivity contribution in [2.75, 3.05) is 13.2 Å². The van der Waals surface area contributed by atoms with Crippen LogP contribution >= 0.6 is 0 Å². The third-order valence-electron chi connectivity index (χ3n) is 2.72. The van der Waals surface area contributed by atoms with Crippen molar-refractivity contribution in [2.45, 2.75) is 45.0 Å². The van der Waals surface area contributed by atoms with E-state index in [1.807, 2.05) is 0 Å². The Hall–Kier alpha value is -0.980. The number of nitrogens with two attached hydrogens (primary N) is 1. The van der Waals surface area contributed by atoms with Gasteiger partial charge in [-0.1, -0.05) is 12.1 Å². The molecular formula is C11H19N3O3. The second-order valence-electron chi connectivity index (χ2n) is 4.16. The van der Waals surface area contributed by atoms with Crippen LogP contribution in [0.25, 0.3) is 0 Å². The predicted molar refractivity (Wildman–Crippen MR) is 60.1 cm³/mol. The third kappa shape index (κ3) is 3.24. The Bertz CT molecular complexity index is 342. The highest BCUT2D eigenvalue weighted by Gasteiger charge is 2.29. The van der Waals surface area contributed by atoms with Gasteiger partial charge >= 0.3 is 0 Å². The van der Waals surface area contributed by atoms with Crippen molar-refractivity contribution in [3.8, 4) is 0 Å². The van der Waals surface area contributed by atoms with Crippen LogP contribution in [-0.4, -0.2) is 29.4 Å². The van der Waals surface area contributed by atoms with Crippen molar-refractivity contribution < 1.29 is 14.0 Å². The molecule has 2 heterocycles. The van der Waals surface area contributed by atoms with E-state index in [4.69, 9.17) is 19.7 Å². The van der Waals surface area contributed by atoms with Gasteiger partial charge in [0.25, 0.3) is 5.89 Å². The molecule has 0 saturated carbocycles. The van der Waals surface area contributed by atoms with E-state index in [1.165, 1.54) is 0 Å². The lowest BCUT2D eigenvalue weighted by Gasteiger charge is -2.07. The molecule has 0 spiro atoms. The summed E-state index contributed by atoms with van der Waals surface area (Å²) in [5, 5.41) is 3.91. The van der Waals surface area contributed by atoms with Gasteiger partial charge in [0.1, 0.15) is 12.7 Å². The van der Waals surface area contributed by atoms with E-state index in [0.29, 0.717) is 31.5 Å². The summed E-state index contributed by atoms with van der Waals surface area (Å²) in [6, 6.07) is 0. The van der Waals surface area contributed by atoms with Gasteiger partial charge in [-0.2, -0.15) is 4.98 Å². The monoisotopic (exact) mass is 241 g/mol. The molecule has 2 atom stereocenters. The molecule has 1 aliphatic rings. The molecule has 6 heteroatoms. The minimum atomic E-state index is -0.0766. The summed E-state index contributed by atoms with van der Waals surface area (Å²) >= 11 is 0. The lowest BCUT2D eigenvalue weighted by Crippen LogP contribution is -2.19. The van der Waals surface area contributed by atoms with Gasteiger partial charge in [-0.25, -0.2) is 0 Å². The normalized spacial score (nSPS) is 24.4. The van der Waals surface area contributed by atoms with Crippen molar-refractivity contribution in [2.24, 2.45) is 5.73 Å². The SMILES string of the molecule is CCCOCc1nc(C2CCC(CN)O2)no1. The lowest BCUT2D eigenvalue weighted by molar-refractivity contribution is 0.0435. The van der Waals surface area contributed by atoms with Gasteiger partial charge in [0.05, 0.1) is 6.10 Å². The molecule has 0 aromatic carbocycles. The van der Waals surface area contributed by atoms with Crippen molar-refractivity contribution >= 4 is 0 Å². The van der Waals surface area contributed by atoms with Crippen LogP contribution in [0.3, 0.4) is 0 Å². The van der Waals surface area contributed by atoms with Gasteiger partial charge in [-0.3, -0.25) is 0 Å². The molecule has 6 nitrogen and oxygen atoms in total. The van der Waals surface area contributed by atoms with Crippen molar-refractivity contribution in [1.82, 2.24) is 10.1 Å². The molecule has 0 bridgehead atoms. The first-order valence-corrected chi connectivity index (χ1v) is 6.09. The number of hydrogen-bond donors (Lipinski definition) is 1. The molecule has 17 heavy (non-hydrogen) atoms. The standard InChI is InChI=1S/C11H19N3O3/c1-2-5-15-7-10-13-11(14-17-10)9-4-3-8(6-12)16-9/h8-9H,2-7,12H2,1H3. The molecule has 1 aliphatic heterocycles. The number of nitrogens with zero attached hydrogens (tertiary/aromatic N) is 2. The first-order valence-electron chi connectivity index (χ1n) is 6.09. The first-order chi connectivity index (χ1) is 8.33. The quantitative estimate of drug-likeness (QED) is 0.753. The number of hydrogen-bond acceptors (Lipinski definition) is 6. The molecule has 0 radical (unpaired) electrons. The second kappa shape index (κ2) is 6.09. The maximum Gasteiger partial charge on any atom is 0.252 e. The lowest BCUT2D eigenvalue weighted by atomic mass is 10.2. The third-order valence-corrected chi connectivity index (χ3v) is 2.72. The van der Waals surface area contributed by atoms with Crippen LogP contribution < -0.4 is 5.73 Å². The fourth-order valence-corrected chi connectivity index (χ4v) is 1.83. The van der Waals surface area contributed by atoms with Gasteiger partial charge in [0, 0.05) is 13.2 Å². The van der Waals surface area contributed by atoms with Crippen LogP contribution in [-0.2, 0) is 16.1 Å². The fourth-order valence-electron chi connectivity index (χ4n) is 1.83. The molecule has 1 aromatic heterocycles. The maximum atomic E-state index is 5.68. The van der Waals surface area contributed by atoms with Gasteiger partial charge in [-0.05, 0) is 19.3 Å². The zero-order chi connectivity index (χ0) is 12.1. The van der Waals surface area contributed by atoms with Gasteiger partial charge in [0.2, 0.25) is 5.82 Å².